The van der Waals surface area contributed by atoms with Crippen LogP contribution in [0.5, 0.6) is 0 Å². The first-order valence-electron chi connectivity index (χ1n) is 9.24. The molecule has 2 aromatic carbocycles. The zero-order valence-electron chi connectivity index (χ0n) is 14.9. The zero-order valence-corrected chi connectivity index (χ0v) is 15.8. The predicted octanol–water partition coefficient (Wildman–Crippen LogP) is 5.27. The van der Waals surface area contributed by atoms with Crippen LogP contribution in [0.15, 0.2) is 48.5 Å². The van der Waals surface area contributed by atoms with Gasteiger partial charge in [-0.3, -0.25) is 0 Å². The highest BCUT2D eigenvalue weighted by Crippen LogP contribution is 2.34. The summed E-state index contributed by atoms with van der Waals surface area (Å²) in [5, 5.41) is 4.29. The Labute approximate surface area is 157 Å². The molecule has 2 heterocycles. The molecule has 3 aromatic rings. The summed E-state index contributed by atoms with van der Waals surface area (Å²) in [7, 11) is 0. The number of benzene rings is 2. The van der Waals surface area contributed by atoms with Crippen molar-refractivity contribution in [1.29, 1.82) is 0 Å². The standard InChI is InChI=1S/C21H23N3OS/c1-2-15-7-3-4-8-17(15)23-21(25)24-13-11-16(12-14-24)20-22-18-9-5-6-10-19(18)26-20/h3-10,16H,2,11-14H2,1H3,(H,23,25). The fourth-order valence-corrected chi connectivity index (χ4v) is 4.68. The van der Waals surface area contributed by atoms with Gasteiger partial charge in [0.1, 0.15) is 0 Å². The topological polar surface area (TPSA) is 45.2 Å². The Morgan fingerprint density at radius 1 is 1.15 bits per heavy atom. The fraction of sp³-hybridized carbons (Fsp3) is 0.333. The van der Waals surface area contributed by atoms with E-state index in [0.29, 0.717) is 5.92 Å². The van der Waals surface area contributed by atoms with E-state index in [0.717, 1.165) is 43.6 Å². The van der Waals surface area contributed by atoms with Crippen molar-refractivity contribution in [1.82, 2.24) is 9.88 Å². The normalized spacial score (nSPS) is 15.3. The molecule has 0 unspecified atom stereocenters. The lowest BCUT2D eigenvalue weighted by molar-refractivity contribution is 0.194. The molecule has 1 aromatic heterocycles. The van der Waals surface area contributed by atoms with Gasteiger partial charge in [-0.25, -0.2) is 9.78 Å². The van der Waals surface area contributed by atoms with Crippen LogP contribution < -0.4 is 5.32 Å². The molecule has 0 atom stereocenters. The molecule has 4 nitrogen and oxygen atoms in total. The predicted molar refractivity (Wildman–Crippen MR) is 108 cm³/mol. The van der Waals surface area contributed by atoms with Gasteiger partial charge in [-0.1, -0.05) is 37.3 Å². The molecule has 0 aliphatic carbocycles. The van der Waals surface area contributed by atoms with E-state index in [9.17, 15) is 4.79 Å². The number of fused-ring (bicyclic) bond motifs is 1. The van der Waals surface area contributed by atoms with Gasteiger partial charge in [-0.05, 0) is 43.0 Å². The minimum Gasteiger partial charge on any atom is -0.324 e. The van der Waals surface area contributed by atoms with Crippen molar-refractivity contribution in [2.24, 2.45) is 0 Å². The highest BCUT2D eigenvalue weighted by molar-refractivity contribution is 7.18. The van der Waals surface area contributed by atoms with Crippen LogP contribution in [0.1, 0.15) is 36.3 Å². The molecule has 0 spiro atoms. The van der Waals surface area contributed by atoms with Crippen molar-refractivity contribution >= 4 is 33.3 Å². The van der Waals surface area contributed by atoms with Crippen molar-refractivity contribution in [3.8, 4) is 0 Å². The van der Waals surface area contributed by atoms with Crippen LogP contribution in [0.3, 0.4) is 0 Å². The Bertz CT molecular complexity index is 879. The van der Waals surface area contributed by atoms with Gasteiger partial charge in [0.25, 0.3) is 0 Å². The van der Waals surface area contributed by atoms with Crippen LogP contribution in [0.4, 0.5) is 10.5 Å². The molecule has 1 fully saturated rings. The number of thiazole rings is 1. The lowest BCUT2D eigenvalue weighted by Gasteiger charge is -2.31. The number of nitrogens with one attached hydrogen (secondary N) is 1. The molecule has 0 saturated carbocycles. The van der Waals surface area contributed by atoms with E-state index in [1.807, 2.05) is 29.2 Å². The summed E-state index contributed by atoms with van der Waals surface area (Å²) in [6.07, 6.45) is 2.86. The van der Waals surface area contributed by atoms with Gasteiger partial charge in [0.15, 0.2) is 0 Å². The molecule has 0 bridgehead atoms. The minimum absolute atomic E-state index is 0.00801. The van der Waals surface area contributed by atoms with Gasteiger partial charge >= 0.3 is 6.03 Å². The van der Waals surface area contributed by atoms with E-state index in [1.54, 1.807) is 11.3 Å². The Morgan fingerprint density at radius 3 is 2.65 bits per heavy atom. The summed E-state index contributed by atoms with van der Waals surface area (Å²) >= 11 is 1.79. The number of amides is 2. The van der Waals surface area contributed by atoms with Crippen LogP contribution >= 0.6 is 11.3 Å². The van der Waals surface area contributed by atoms with E-state index < -0.39 is 0 Å². The molecule has 1 aliphatic rings. The Balaban J connectivity index is 1.39. The second-order valence-electron chi connectivity index (χ2n) is 6.72. The number of nitrogens with zero attached hydrogens (tertiary/aromatic N) is 2. The Hall–Kier alpha value is -2.40. The second kappa shape index (κ2) is 7.46. The van der Waals surface area contributed by atoms with Crippen LogP contribution in [-0.4, -0.2) is 29.0 Å². The molecule has 1 N–H and O–H groups in total. The highest BCUT2D eigenvalue weighted by Gasteiger charge is 2.26. The average Bonchev–Trinajstić information content (AvgIpc) is 3.13. The Kier molecular flexibility index (Phi) is 4.89. The minimum atomic E-state index is 0.00801. The highest BCUT2D eigenvalue weighted by atomic mass is 32.1. The molecule has 26 heavy (non-hydrogen) atoms. The number of urea groups is 1. The summed E-state index contributed by atoms with van der Waals surface area (Å²) in [4.78, 5) is 19.3. The van der Waals surface area contributed by atoms with Gasteiger partial charge in [-0.15, -0.1) is 11.3 Å². The molecule has 2 amide bonds. The summed E-state index contributed by atoms with van der Waals surface area (Å²) in [5.41, 5.74) is 3.18. The second-order valence-corrected chi connectivity index (χ2v) is 7.78. The number of piperidine rings is 1. The molecule has 134 valence electrons. The number of carbonyl (C=O) groups excluding carboxylic acids is 1. The summed E-state index contributed by atoms with van der Waals surface area (Å²) in [5.74, 6) is 0.458. The number of para-hydroxylation sites is 2. The number of hydrogen-bond donors (Lipinski definition) is 1. The maximum Gasteiger partial charge on any atom is 0.321 e. The van der Waals surface area contributed by atoms with Crippen molar-refractivity contribution in [2.45, 2.75) is 32.1 Å². The van der Waals surface area contributed by atoms with E-state index >= 15 is 0 Å². The largest absolute Gasteiger partial charge is 0.324 e. The summed E-state index contributed by atoms with van der Waals surface area (Å²) < 4.78 is 1.25. The van der Waals surface area contributed by atoms with E-state index in [4.69, 9.17) is 4.98 Å². The SMILES string of the molecule is CCc1ccccc1NC(=O)N1CCC(c2nc3ccccc3s2)CC1. The Morgan fingerprint density at radius 2 is 1.88 bits per heavy atom. The van der Waals surface area contributed by atoms with Crippen LogP contribution in [0.25, 0.3) is 10.2 Å². The first-order valence-corrected chi connectivity index (χ1v) is 10.1. The van der Waals surface area contributed by atoms with Crippen LogP contribution in [0, 0.1) is 0 Å². The number of hydrogen-bond acceptors (Lipinski definition) is 3. The van der Waals surface area contributed by atoms with Gasteiger partial charge in [0, 0.05) is 24.7 Å². The smallest absolute Gasteiger partial charge is 0.321 e. The number of likely N-dealkylation sites (tertiary alicyclic amines) is 1. The number of carbonyl (C=O) groups is 1. The maximum absolute atomic E-state index is 12.6. The van der Waals surface area contributed by atoms with Crippen molar-refractivity contribution < 1.29 is 4.79 Å². The third kappa shape index (κ3) is 3.44. The molecule has 4 rings (SSSR count). The van der Waals surface area contributed by atoms with Crippen molar-refractivity contribution in [2.75, 3.05) is 18.4 Å². The number of aryl methyl sites for hydroxylation is 1. The van der Waals surface area contributed by atoms with Crippen LogP contribution in [-0.2, 0) is 6.42 Å². The van der Waals surface area contributed by atoms with Gasteiger partial charge in [0.05, 0.1) is 15.2 Å². The first kappa shape index (κ1) is 17.0. The van der Waals surface area contributed by atoms with Crippen LogP contribution in [0.2, 0.25) is 0 Å². The maximum atomic E-state index is 12.6. The lowest BCUT2D eigenvalue weighted by Crippen LogP contribution is -2.40. The number of anilines is 1. The van der Waals surface area contributed by atoms with E-state index in [-0.39, 0.29) is 6.03 Å². The summed E-state index contributed by atoms with van der Waals surface area (Å²) in [6.45, 7) is 3.66. The quantitative estimate of drug-likeness (QED) is 0.687. The van der Waals surface area contributed by atoms with E-state index in [2.05, 4.69) is 36.5 Å². The van der Waals surface area contributed by atoms with Gasteiger partial charge in [0.2, 0.25) is 0 Å². The third-order valence-corrected chi connectivity index (χ3v) is 6.28. The monoisotopic (exact) mass is 365 g/mol. The fourth-order valence-electron chi connectivity index (χ4n) is 3.54. The number of aromatic nitrogens is 1. The summed E-state index contributed by atoms with van der Waals surface area (Å²) in [6, 6.07) is 16.3. The molecule has 1 aliphatic heterocycles. The lowest BCUT2D eigenvalue weighted by atomic mass is 9.98. The van der Waals surface area contributed by atoms with Gasteiger partial charge < -0.3 is 10.2 Å². The molecular formula is C21H23N3OS. The van der Waals surface area contributed by atoms with Crippen molar-refractivity contribution in [3.63, 3.8) is 0 Å². The zero-order chi connectivity index (χ0) is 17.9. The molecule has 1 saturated heterocycles. The third-order valence-electron chi connectivity index (χ3n) is 5.08. The molecule has 0 radical (unpaired) electrons. The van der Waals surface area contributed by atoms with Gasteiger partial charge in [-0.2, -0.15) is 0 Å². The van der Waals surface area contributed by atoms with Crippen molar-refractivity contribution in [3.05, 3.63) is 59.1 Å². The van der Waals surface area contributed by atoms with E-state index in [1.165, 1.54) is 15.3 Å². The number of rotatable bonds is 3. The molecular weight excluding hydrogens is 342 g/mol. The average molecular weight is 366 g/mol. The molecule has 5 heteroatoms. The first-order chi connectivity index (χ1) is 12.7.